The summed E-state index contributed by atoms with van der Waals surface area (Å²) in [6.45, 7) is 0.111. The third-order valence-electron chi connectivity index (χ3n) is 5.78. The van der Waals surface area contributed by atoms with Gasteiger partial charge < -0.3 is 19.5 Å². The first-order chi connectivity index (χ1) is 19.9. The number of amides is 2. The largest absolute Gasteiger partial charge is 0.454 e. The molecule has 1 aliphatic rings. The van der Waals surface area contributed by atoms with E-state index in [1.54, 1.807) is 60.7 Å². The molecule has 0 atom stereocenters. The Labute approximate surface area is 243 Å². The Kier molecular flexibility index (Phi) is 8.51. The molecule has 0 fully saturated rings. The zero-order valence-corrected chi connectivity index (χ0v) is 23.0. The lowest BCUT2D eigenvalue weighted by molar-refractivity contribution is -0.128. The molecular formula is C31H22BrN3O6. The number of nitrogens with zero attached hydrogens (tertiary/aromatic N) is 1. The fourth-order valence-electron chi connectivity index (χ4n) is 3.79. The lowest BCUT2D eigenvalue weighted by Gasteiger charge is -2.08. The van der Waals surface area contributed by atoms with Crippen LogP contribution in [0.25, 0.3) is 6.08 Å². The van der Waals surface area contributed by atoms with Gasteiger partial charge >= 0.3 is 5.97 Å². The molecule has 5 rings (SSSR count). The van der Waals surface area contributed by atoms with E-state index in [4.69, 9.17) is 14.2 Å². The molecule has 0 spiro atoms. The molecule has 2 amide bonds. The molecule has 41 heavy (non-hydrogen) atoms. The van der Waals surface area contributed by atoms with Crippen LogP contribution in [0.3, 0.4) is 0 Å². The van der Waals surface area contributed by atoms with Crippen LogP contribution in [0, 0.1) is 0 Å². The van der Waals surface area contributed by atoms with E-state index in [0.717, 1.165) is 10.0 Å². The van der Waals surface area contributed by atoms with Gasteiger partial charge in [-0.25, -0.2) is 10.2 Å². The van der Waals surface area contributed by atoms with Crippen molar-refractivity contribution in [3.8, 4) is 17.2 Å². The Balaban J connectivity index is 1.21. The summed E-state index contributed by atoms with van der Waals surface area (Å²) in [5, 5.41) is 6.79. The first-order valence-electron chi connectivity index (χ1n) is 12.3. The quantitative estimate of drug-likeness (QED) is 0.0853. The fourth-order valence-corrected chi connectivity index (χ4v) is 4.17. The van der Waals surface area contributed by atoms with Gasteiger partial charge in [0.05, 0.1) is 6.21 Å². The predicted octanol–water partition coefficient (Wildman–Crippen LogP) is 5.81. The molecule has 9 nitrogen and oxygen atoms in total. The van der Waals surface area contributed by atoms with E-state index in [1.807, 2.05) is 30.3 Å². The van der Waals surface area contributed by atoms with Gasteiger partial charge in [-0.15, -0.1) is 0 Å². The number of carbonyl (C=O) groups excluding carboxylic acids is 3. The van der Waals surface area contributed by atoms with Crippen molar-refractivity contribution in [1.29, 1.82) is 0 Å². The molecule has 1 aliphatic heterocycles. The molecule has 0 bridgehead atoms. The number of rotatable bonds is 8. The molecule has 0 saturated carbocycles. The van der Waals surface area contributed by atoms with Gasteiger partial charge in [-0.3, -0.25) is 9.59 Å². The summed E-state index contributed by atoms with van der Waals surface area (Å²) in [5.41, 5.74) is 4.86. The second kappa shape index (κ2) is 12.8. The van der Waals surface area contributed by atoms with Crippen molar-refractivity contribution in [1.82, 2.24) is 5.43 Å². The van der Waals surface area contributed by atoms with Gasteiger partial charge in [-0.05, 0) is 66.2 Å². The summed E-state index contributed by atoms with van der Waals surface area (Å²) in [6, 6.07) is 25.7. The summed E-state index contributed by atoms with van der Waals surface area (Å²) in [7, 11) is 0. The Morgan fingerprint density at radius 3 is 2.49 bits per heavy atom. The molecule has 4 aromatic carbocycles. The topological polar surface area (TPSA) is 115 Å². The summed E-state index contributed by atoms with van der Waals surface area (Å²) in [4.78, 5) is 37.8. The monoisotopic (exact) mass is 611 g/mol. The average molecular weight is 612 g/mol. The maximum atomic E-state index is 12.7. The van der Waals surface area contributed by atoms with Crippen molar-refractivity contribution in [3.63, 3.8) is 0 Å². The van der Waals surface area contributed by atoms with Gasteiger partial charge in [0.2, 0.25) is 6.79 Å². The number of fused-ring (bicyclic) bond motifs is 1. The highest BCUT2D eigenvalue weighted by Crippen LogP contribution is 2.32. The molecule has 0 unspecified atom stereocenters. The minimum absolute atomic E-state index is 0.111. The smallest absolute Gasteiger partial charge is 0.336 e. The number of hydrazone groups is 1. The van der Waals surface area contributed by atoms with E-state index in [0.29, 0.717) is 28.3 Å². The van der Waals surface area contributed by atoms with E-state index in [2.05, 4.69) is 31.8 Å². The van der Waals surface area contributed by atoms with Gasteiger partial charge in [-0.2, -0.15) is 5.10 Å². The summed E-state index contributed by atoms with van der Waals surface area (Å²) >= 11 is 3.39. The lowest BCUT2D eigenvalue weighted by Crippen LogP contribution is -2.18. The third kappa shape index (κ3) is 7.25. The van der Waals surface area contributed by atoms with Crippen LogP contribution in [-0.4, -0.2) is 30.8 Å². The highest BCUT2D eigenvalue weighted by atomic mass is 79.9. The second-order valence-electron chi connectivity index (χ2n) is 8.65. The standard InChI is InChI=1S/C31H22BrN3O6/c32-24-11-13-26(41-29(36)14-9-20-5-2-1-3-6-20)23(15-24)18-33-35-31(38)21-7-4-8-25(16-21)34-30(37)22-10-12-27-28(17-22)40-19-39-27/h1-18H,19H2,(H,34,37)(H,35,38)/b14-9+,33-18?. The predicted molar refractivity (Wildman–Crippen MR) is 157 cm³/mol. The Bertz CT molecular complexity index is 1670. The molecule has 0 aliphatic carbocycles. The van der Waals surface area contributed by atoms with Gasteiger partial charge in [-0.1, -0.05) is 52.3 Å². The van der Waals surface area contributed by atoms with Crippen LogP contribution in [0.2, 0.25) is 0 Å². The summed E-state index contributed by atoms with van der Waals surface area (Å²) < 4.78 is 16.8. The number of carbonyl (C=O) groups is 3. The molecule has 10 heteroatoms. The fraction of sp³-hybridized carbons (Fsp3) is 0.0323. The number of hydrogen-bond donors (Lipinski definition) is 2. The highest BCUT2D eigenvalue weighted by molar-refractivity contribution is 9.10. The van der Waals surface area contributed by atoms with Gasteiger partial charge in [0, 0.05) is 32.9 Å². The molecule has 1 heterocycles. The molecule has 0 radical (unpaired) electrons. The first-order valence-corrected chi connectivity index (χ1v) is 13.1. The molecular weight excluding hydrogens is 590 g/mol. The number of nitrogens with one attached hydrogen (secondary N) is 2. The number of halogens is 1. The summed E-state index contributed by atoms with van der Waals surface area (Å²) in [6.07, 6.45) is 4.36. The van der Waals surface area contributed by atoms with E-state index in [-0.39, 0.29) is 24.0 Å². The van der Waals surface area contributed by atoms with E-state index in [9.17, 15) is 14.4 Å². The van der Waals surface area contributed by atoms with Gasteiger partial charge in [0.15, 0.2) is 11.5 Å². The first kappa shape index (κ1) is 27.4. The van der Waals surface area contributed by atoms with E-state index < -0.39 is 11.9 Å². The van der Waals surface area contributed by atoms with Crippen molar-refractivity contribution in [3.05, 3.63) is 124 Å². The number of benzene rings is 4. The van der Waals surface area contributed by atoms with Crippen LogP contribution in [0.15, 0.2) is 107 Å². The number of anilines is 1. The van der Waals surface area contributed by atoms with Gasteiger partial charge in [0.1, 0.15) is 5.75 Å². The average Bonchev–Trinajstić information content (AvgIpc) is 3.46. The van der Waals surface area contributed by atoms with Crippen LogP contribution in [-0.2, 0) is 4.79 Å². The van der Waals surface area contributed by atoms with Crippen molar-refractivity contribution < 1.29 is 28.6 Å². The van der Waals surface area contributed by atoms with Gasteiger partial charge in [0.25, 0.3) is 11.8 Å². The van der Waals surface area contributed by atoms with Crippen LogP contribution in [0.5, 0.6) is 17.2 Å². The number of ether oxygens (including phenoxy) is 3. The second-order valence-corrected chi connectivity index (χ2v) is 9.57. The van der Waals surface area contributed by atoms with Crippen LogP contribution in [0.1, 0.15) is 31.8 Å². The molecule has 4 aromatic rings. The lowest BCUT2D eigenvalue weighted by atomic mass is 10.1. The Morgan fingerprint density at radius 2 is 1.63 bits per heavy atom. The van der Waals surface area contributed by atoms with Crippen LogP contribution in [0.4, 0.5) is 5.69 Å². The highest BCUT2D eigenvalue weighted by Gasteiger charge is 2.17. The molecule has 2 N–H and O–H groups in total. The SMILES string of the molecule is O=C(/C=C/c1ccccc1)Oc1ccc(Br)cc1C=NNC(=O)c1cccc(NC(=O)c2ccc3c(c2)OCO3)c1. The Hall–Kier alpha value is -5.22. The zero-order chi connectivity index (χ0) is 28.6. The molecule has 0 saturated heterocycles. The molecule has 0 aromatic heterocycles. The van der Waals surface area contributed by atoms with Crippen molar-refractivity contribution in [2.45, 2.75) is 0 Å². The zero-order valence-electron chi connectivity index (χ0n) is 21.4. The number of hydrogen-bond acceptors (Lipinski definition) is 7. The third-order valence-corrected chi connectivity index (χ3v) is 6.27. The molecule has 204 valence electrons. The normalized spacial score (nSPS) is 11.9. The van der Waals surface area contributed by atoms with Crippen molar-refractivity contribution in [2.24, 2.45) is 5.10 Å². The number of esters is 1. The minimum atomic E-state index is -0.561. The maximum absolute atomic E-state index is 12.7. The Morgan fingerprint density at radius 1 is 0.829 bits per heavy atom. The van der Waals surface area contributed by atoms with E-state index >= 15 is 0 Å². The summed E-state index contributed by atoms with van der Waals surface area (Å²) in [5.74, 6) is -0.0879. The van der Waals surface area contributed by atoms with Crippen LogP contribution >= 0.6 is 15.9 Å². The van der Waals surface area contributed by atoms with Crippen LogP contribution < -0.4 is 25.0 Å². The van der Waals surface area contributed by atoms with E-state index in [1.165, 1.54) is 18.4 Å². The minimum Gasteiger partial charge on any atom is -0.454 e. The van der Waals surface area contributed by atoms with Crippen molar-refractivity contribution >= 4 is 51.7 Å². The maximum Gasteiger partial charge on any atom is 0.336 e. The van der Waals surface area contributed by atoms with Crippen molar-refractivity contribution in [2.75, 3.05) is 12.1 Å².